The number of hydrogen-bond donors (Lipinski definition) is 1. The topological polar surface area (TPSA) is 85.2 Å². The molecule has 1 fully saturated rings. The number of anilines is 1. The third-order valence-electron chi connectivity index (χ3n) is 6.43. The first-order chi connectivity index (χ1) is 15.6. The molecule has 8 heteroatoms. The van der Waals surface area contributed by atoms with E-state index in [0.717, 1.165) is 66.9 Å². The van der Waals surface area contributed by atoms with Gasteiger partial charge in [-0.05, 0) is 57.8 Å². The normalized spacial score (nSPS) is 18.9. The molecule has 166 valence electrons. The van der Waals surface area contributed by atoms with Gasteiger partial charge in [-0.25, -0.2) is 4.98 Å². The van der Waals surface area contributed by atoms with Crippen LogP contribution in [-0.4, -0.2) is 44.8 Å². The summed E-state index contributed by atoms with van der Waals surface area (Å²) in [6.45, 7) is 5.73. The second-order valence-corrected chi connectivity index (χ2v) is 8.55. The van der Waals surface area contributed by atoms with E-state index in [1.54, 1.807) is 25.5 Å². The van der Waals surface area contributed by atoms with Gasteiger partial charge in [-0.15, -0.1) is 0 Å². The summed E-state index contributed by atoms with van der Waals surface area (Å²) in [4.78, 5) is 22.7. The minimum atomic E-state index is 0.0374. The van der Waals surface area contributed by atoms with Crippen molar-refractivity contribution in [1.29, 1.82) is 0 Å². The molecule has 0 bridgehead atoms. The number of nitrogens with zero attached hydrogens (tertiary/aromatic N) is 5. The first-order valence-electron chi connectivity index (χ1n) is 11.3. The van der Waals surface area contributed by atoms with Crippen molar-refractivity contribution in [3.05, 3.63) is 48.7 Å². The molecule has 2 aromatic heterocycles. The van der Waals surface area contributed by atoms with E-state index >= 15 is 0 Å². The highest BCUT2D eigenvalue weighted by Crippen LogP contribution is 2.44. The Kier molecular flexibility index (Phi) is 5.61. The van der Waals surface area contributed by atoms with Crippen molar-refractivity contribution in [2.24, 2.45) is 0 Å². The van der Waals surface area contributed by atoms with E-state index in [2.05, 4.69) is 38.2 Å². The van der Waals surface area contributed by atoms with Gasteiger partial charge in [0.25, 0.3) is 0 Å². The molecule has 2 aliphatic rings. The lowest BCUT2D eigenvalue weighted by Crippen LogP contribution is -2.40. The number of ether oxygens (including phenoxy) is 1. The molecule has 1 amide bonds. The predicted molar refractivity (Wildman–Crippen MR) is 122 cm³/mol. The average Bonchev–Trinajstić information content (AvgIpc) is 3.30. The van der Waals surface area contributed by atoms with Gasteiger partial charge in [-0.3, -0.25) is 14.5 Å². The molecule has 0 spiro atoms. The minimum Gasteiger partial charge on any atom is -0.436 e. The molecule has 32 heavy (non-hydrogen) atoms. The maximum Gasteiger partial charge on any atom is 0.237 e. The third kappa shape index (κ3) is 3.86. The smallest absolute Gasteiger partial charge is 0.237 e. The second kappa shape index (κ2) is 8.70. The Morgan fingerprint density at radius 3 is 2.75 bits per heavy atom. The summed E-state index contributed by atoms with van der Waals surface area (Å²) in [6.07, 6.45) is 12.7. The molecule has 0 aliphatic carbocycles. The van der Waals surface area contributed by atoms with Crippen molar-refractivity contribution in [2.45, 2.75) is 51.6 Å². The Labute approximate surface area is 187 Å². The summed E-state index contributed by atoms with van der Waals surface area (Å²) in [5.74, 6) is 1.20. The Balaban J connectivity index is 1.59. The van der Waals surface area contributed by atoms with Crippen LogP contribution in [0.2, 0.25) is 0 Å². The van der Waals surface area contributed by atoms with E-state index in [1.165, 1.54) is 0 Å². The van der Waals surface area contributed by atoms with Crippen molar-refractivity contribution in [1.82, 2.24) is 25.1 Å². The molecular formula is C24H28N6O2. The van der Waals surface area contributed by atoms with Crippen molar-refractivity contribution >= 4 is 11.6 Å². The molecular weight excluding hydrogens is 404 g/mol. The first kappa shape index (κ1) is 20.6. The van der Waals surface area contributed by atoms with E-state index < -0.39 is 0 Å². The predicted octanol–water partition coefficient (Wildman–Crippen LogP) is 3.74. The fourth-order valence-corrected chi connectivity index (χ4v) is 4.82. The van der Waals surface area contributed by atoms with Crippen molar-refractivity contribution in [2.75, 3.05) is 18.0 Å². The molecule has 2 aliphatic heterocycles. The number of carbonyl (C=O) groups excluding carboxylic acids is 1. The summed E-state index contributed by atoms with van der Waals surface area (Å²) >= 11 is 0. The van der Waals surface area contributed by atoms with E-state index in [4.69, 9.17) is 4.74 Å². The fraction of sp³-hybridized carbons (Fsp3) is 0.417. The van der Waals surface area contributed by atoms with Crippen LogP contribution < -0.4 is 15.0 Å². The highest BCUT2D eigenvalue weighted by atomic mass is 16.5. The van der Waals surface area contributed by atoms with Crippen LogP contribution in [0.4, 0.5) is 5.69 Å². The van der Waals surface area contributed by atoms with Gasteiger partial charge in [0.2, 0.25) is 11.8 Å². The van der Waals surface area contributed by atoms with Gasteiger partial charge in [0.05, 0.1) is 24.1 Å². The van der Waals surface area contributed by atoms with Gasteiger partial charge in [0, 0.05) is 48.2 Å². The van der Waals surface area contributed by atoms with Gasteiger partial charge in [0.15, 0.2) is 0 Å². The monoisotopic (exact) mass is 432 g/mol. The average molecular weight is 433 g/mol. The number of fused-ring (bicyclic) bond motifs is 1. The molecule has 8 nitrogen and oxygen atoms in total. The van der Waals surface area contributed by atoms with Gasteiger partial charge < -0.3 is 15.0 Å². The molecule has 3 aromatic rings. The van der Waals surface area contributed by atoms with E-state index in [0.29, 0.717) is 11.9 Å². The molecule has 1 saturated heterocycles. The molecule has 5 rings (SSSR count). The minimum absolute atomic E-state index is 0.0374. The van der Waals surface area contributed by atoms with Gasteiger partial charge in [-0.1, -0.05) is 0 Å². The van der Waals surface area contributed by atoms with Gasteiger partial charge >= 0.3 is 0 Å². The summed E-state index contributed by atoms with van der Waals surface area (Å²) in [5, 5.41) is 8.08. The van der Waals surface area contributed by atoms with Crippen LogP contribution in [0.25, 0.3) is 11.1 Å². The summed E-state index contributed by atoms with van der Waals surface area (Å²) in [7, 11) is 0. The van der Waals surface area contributed by atoms with Crippen LogP contribution in [0.1, 0.15) is 44.7 Å². The van der Waals surface area contributed by atoms with Crippen LogP contribution >= 0.6 is 0 Å². The second-order valence-electron chi connectivity index (χ2n) is 8.55. The molecule has 0 saturated carbocycles. The lowest BCUT2D eigenvalue weighted by atomic mass is 9.92. The highest BCUT2D eigenvalue weighted by molar-refractivity contribution is 5.95. The van der Waals surface area contributed by atoms with Crippen LogP contribution in [0.15, 0.2) is 43.1 Å². The number of amides is 1. The van der Waals surface area contributed by atoms with Crippen molar-refractivity contribution < 1.29 is 9.53 Å². The third-order valence-corrected chi connectivity index (χ3v) is 6.43. The largest absolute Gasteiger partial charge is 0.436 e. The Morgan fingerprint density at radius 2 is 2.00 bits per heavy atom. The van der Waals surface area contributed by atoms with E-state index in [-0.39, 0.29) is 11.9 Å². The highest BCUT2D eigenvalue weighted by Gasteiger charge is 2.30. The molecule has 4 heterocycles. The fourth-order valence-electron chi connectivity index (χ4n) is 4.82. The van der Waals surface area contributed by atoms with Crippen molar-refractivity contribution in [3.63, 3.8) is 0 Å². The Morgan fingerprint density at radius 1 is 1.16 bits per heavy atom. The lowest BCUT2D eigenvalue weighted by Gasteiger charge is -2.35. The molecule has 1 atom stereocenters. The van der Waals surface area contributed by atoms with Crippen LogP contribution in [0.5, 0.6) is 11.6 Å². The van der Waals surface area contributed by atoms with Crippen LogP contribution in [0, 0.1) is 0 Å². The standard InChI is InChI=1S/C24H28N6O2/c1-16-3-4-21-22(30(16)17(2)31)6-5-20(24(21)32-23-14-26-11-12-27-23)18-13-28-29(15-18)19-7-9-25-10-8-19/h5-6,11-16,19,25H,3-4,7-10H2,1-2H3/t16-/m0/s1. The molecule has 0 unspecified atom stereocenters. The Bertz CT molecular complexity index is 1110. The van der Waals surface area contributed by atoms with Gasteiger partial charge in [0.1, 0.15) is 5.75 Å². The van der Waals surface area contributed by atoms with E-state index in [9.17, 15) is 4.79 Å². The van der Waals surface area contributed by atoms with Crippen LogP contribution in [0.3, 0.4) is 0 Å². The number of aromatic nitrogens is 4. The number of rotatable bonds is 4. The maximum absolute atomic E-state index is 12.4. The molecule has 0 radical (unpaired) electrons. The SMILES string of the molecule is CC(=O)N1c2ccc(-c3cnn(C4CCNCC4)c3)c(Oc3cnccn3)c2CC[C@@H]1C. The molecule has 1 aromatic carbocycles. The summed E-state index contributed by atoms with van der Waals surface area (Å²) < 4.78 is 8.40. The maximum atomic E-state index is 12.4. The lowest BCUT2D eigenvalue weighted by molar-refractivity contribution is -0.117. The Hall–Kier alpha value is -3.26. The van der Waals surface area contributed by atoms with Crippen molar-refractivity contribution in [3.8, 4) is 22.8 Å². The molecule has 1 N–H and O–H groups in total. The summed E-state index contributed by atoms with van der Waals surface area (Å²) in [5.41, 5.74) is 3.88. The number of nitrogens with one attached hydrogen (secondary N) is 1. The zero-order valence-electron chi connectivity index (χ0n) is 18.5. The number of carbonyl (C=O) groups is 1. The summed E-state index contributed by atoms with van der Waals surface area (Å²) in [6, 6.07) is 4.62. The number of piperidine rings is 1. The van der Waals surface area contributed by atoms with Crippen LogP contribution in [-0.2, 0) is 11.2 Å². The quantitative estimate of drug-likeness (QED) is 0.676. The van der Waals surface area contributed by atoms with Gasteiger partial charge in [-0.2, -0.15) is 5.10 Å². The van der Waals surface area contributed by atoms with E-state index in [1.807, 2.05) is 23.2 Å². The zero-order chi connectivity index (χ0) is 22.1. The zero-order valence-corrected chi connectivity index (χ0v) is 18.5. The number of benzene rings is 1. The number of hydrogen-bond acceptors (Lipinski definition) is 6. The first-order valence-corrected chi connectivity index (χ1v) is 11.3.